The lowest BCUT2D eigenvalue weighted by molar-refractivity contribution is -0.145. The van der Waals surface area contributed by atoms with Gasteiger partial charge in [-0.3, -0.25) is 9.59 Å². The summed E-state index contributed by atoms with van der Waals surface area (Å²) in [7, 11) is 1.72. The first-order chi connectivity index (χ1) is 7.02. The molecule has 1 saturated carbocycles. The van der Waals surface area contributed by atoms with Gasteiger partial charge in [0.2, 0.25) is 5.78 Å². The highest BCUT2D eigenvalue weighted by molar-refractivity contribution is 6.36. The maximum Gasteiger partial charge on any atom is 0.289 e. The third-order valence-electron chi connectivity index (χ3n) is 2.88. The third kappa shape index (κ3) is 4.02. The van der Waals surface area contributed by atoms with Crippen LogP contribution in [-0.4, -0.2) is 30.2 Å². The fourth-order valence-electron chi connectivity index (χ4n) is 1.56. The van der Waals surface area contributed by atoms with Gasteiger partial charge in [0, 0.05) is 19.5 Å². The van der Waals surface area contributed by atoms with E-state index >= 15 is 0 Å². The molecule has 1 aliphatic rings. The van der Waals surface area contributed by atoms with E-state index in [1.54, 1.807) is 25.8 Å². The van der Waals surface area contributed by atoms with Crippen LogP contribution in [-0.2, 0) is 9.59 Å². The summed E-state index contributed by atoms with van der Waals surface area (Å²) in [5.41, 5.74) is 0. The minimum absolute atomic E-state index is 0.191. The van der Waals surface area contributed by atoms with Gasteiger partial charge in [-0.1, -0.05) is 26.7 Å². The van der Waals surface area contributed by atoms with Crippen LogP contribution >= 0.6 is 0 Å². The molecule has 1 aliphatic carbocycles. The van der Waals surface area contributed by atoms with Crippen LogP contribution in [0.1, 0.15) is 39.5 Å². The van der Waals surface area contributed by atoms with Crippen molar-refractivity contribution in [1.29, 1.82) is 0 Å². The molecule has 3 heteroatoms. The molecule has 0 bridgehead atoms. The van der Waals surface area contributed by atoms with Crippen LogP contribution in [0.2, 0.25) is 0 Å². The van der Waals surface area contributed by atoms with Crippen molar-refractivity contribution in [3.63, 3.8) is 0 Å². The molecule has 0 unspecified atom stereocenters. The van der Waals surface area contributed by atoms with E-state index < -0.39 is 0 Å². The quantitative estimate of drug-likeness (QED) is 0.629. The highest BCUT2D eigenvalue weighted by atomic mass is 16.2. The molecule has 15 heavy (non-hydrogen) atoms. The van der Waals surface area contributed by atoms with E-state index in [0.717, 1.165) is 12.3 Å². The minimum Gasteiger partial charge on any atom is -0.339 e. The largest absolute Gasteiger partial charge is 0.339 e. The number of carbonyl (C=O) groups is 2. The van der Waals surface area contributed by atoms with E-state index in [1.165, 1.54) is 19.3 Å². The van der Waals surface area contributed by atoms with Crippen LogP contribution in [0.25, 0.3) is 0 Å². The van der Waals surface area contributed by atoms with Crippen molar-refractivity contribution in [1.82, 2.24) is 4.90 Å². The number of ketones is 1. The molecule has 86 valence electrons. The van der Waals surface area contributed by atoms with E-state index in [2.05, 4.69) is 0 Å². The van der Waals surface area contributed by atoms with Gasteiger partial charge in [0.15, 0.2) is 0 Å². The van der Waals surface area contributed by atoms with Gasteiger partial charge in [0.05, 0.1) is 0 Å². The normalized spacial score (nSPS) is 15.5. The third-order valence-corrected chi connectivity index (χ3v) is 2.88. The summed E-state index contributed by atoms with van der Waals surface area (Å²) in [5, 5.41) is 0. The summed E-state index contributed by atoms with van der Waals surface area (Å²) in [5.74, 6) is 0.0994. The van der Waals surface area contributed by atoms with Gasteiger partial charge < -0.3 is 4.90 Å². The van der Waals surface area contributed by atoms with Crippen molar-refractivity contribution in [2.24, 2.45) is 11.8 Å². The SMILES string of the molecule is CC(C)C(=O)C(=O)N(C)CCCC1CC1. The van der Waals surface area contributed by atoms with Crippen LogP contribution in [0.15, 0.2) is 0 Å². The Hall–Kier alpha value is -0.860. The second kappa shape index (κ2) is 5.29. The van der Waals surface area contributed by atoms with Crippen LogP contribution in [0, 0.1) is 11.8 Å². The second-order valence-corrected chi connectivity index (χ2v) is 4.83. The van der Waals surface area contributed by atoms with E-state index in [0.29, 0.717) is 6.54 Å². The van der Waals surface area contributed by atoms with E-state index in [9.17, 15) is 9.59 Å². The number of Topliss-reactive ketones (excluding diaryl/α,β-unsaturated/α-hetero) is 1. The number of hydrogen-bond acceptors (Lipinski definition) is 2. The van der Waals surface area contributed by atoms with Crippen LogP contribution < -0.4 is 0 Å². The molecule has 1 rings (SSSR count). The zero-order chi connectivity index (χ0) is 11.4. The summed E-state index contributed by atoms with van der Waals surface area (Å²) in [6, 6.07) is 0. The van der Waals surface area contributed by atoms with Crippen molar-refractivity contribution in [2.45, 2.75) is 39.5 Å². The lowest BCUT2D eigenvalue weighted by atomic mass is 10.1. The fourth-order valence-corrected chi connectivity index (χ4v) is 1.56. The minimum atomic E-state index is -0.333. The summed E-state index contributed by atoms with van der Waals surface area (Å²) in [6.45, 7) is 4.24. The van der Waals surface area contributed by atoms with Crippen LogP contribution in [0.4, 0.5) is 0 Å². The van der Waals surface area contributed by atoms with Crippen molar-refractivity contribution >= 4 is 11.7 Å². The molecule has 0 saturated heterocycles. The Morgan fingerprint density at radius 3 is 2.40 bits per heavy atom. The number of amides is 1. The Kier molecular flexibility index (Phi) is 4.30. The zero-order valence-corrected chi connectivity index (χ0v) is 9.95. The van der Waals surface area contributed by atoms with Gasteiger partial charge in [0.1, 0.15) is 0 Å². The molecule has 0 aromatic rings. The Morgan fingerprint density at radius 2 is 1.93 bits per heavy atom. The zero-order valence-electron chi connectivity index (χ0n) is 9.95. The average molecular weight is 211 g/mol. The monoisotopic (exact) mass is 211 g/mol. The average Bonchev–Trinajstić information content (AvgIpc) is 2.99. The predicted octanol–water partition coefficient (Wildman–Crippen LogP) is 1.86. The molecule has 0 radical (unpaired) electrons. The lowest BCUT2D eigenvalue weighted by Crippen LogP contribution is -2.36. The van der Waals surface area contributed by atoms with Gasteiger partial charge in [-0.25, -0.2) is 0 Å². The van der Waals surface area contributed by atoms with Crippen LogP contribution in [0.3, 0.4) is 0 Å². The second-order valence-electron chi connectivity index (χ2n) is 4.83. The molecule has 0 aliphatic heterocycles. The standard InChI is InChI=1S/C12H21NO2/c1-9(2)11(14)12(15)13(3)8-4-5-10-6-7-10/h9-10H,4-8H2,1-3H3. The van der Waals surface area contributed by atoms with Crippen molar-refractivity contribution < 1.29 is 9.59 Å². The first-order valence-electron chi connectivity index (χ1n) is 5.81. The van der Waals surface area contributed by atoms with E-state index in [1.807, 2.05) is 0 Å². The molecule has 0 spiro atoms. The van der Waals surface area contributed by atoms with Gasteiger partial charge in [-0.05, 0) is 18.8 Å². The van der Waals surface area contributed by atoms with Crippen molar-refractivity contribution in [2.75, 3.05) is 13.6 Å². The molecule has 1 fully saturated rings. The lowest BCUT2D eigenvalue weighted by Gasteiger charge is -2.17. The fraction of sp³-hybridized carbons (Fsp3) is 0.833. The van der Waals surface area contributed by atoms with E-state index in [-0.39, 0.29) is 17.6 Å². The summed E-state index contributed by atoms with van der Waals surface area (Å²) in [4.78, 5) is 24.5. The number of nitrogens with zero attached hydrogens (tertiary/aromatic N) is 1. The Labute approximate surface area is 91.8 Å². The highest BCUT2D eigenvalue weighted by Gasteiger charge is 2.23. The molecule has 1 amide bonds. The molecule has 0 N–H and O–H groups in total. The Balaban J connectivity index is 2.21. The maximum absolute atomic E-state index is 11.6. The Bertz CT molecular complexity index is 244. The molecule has 3 nitrogen and oxygen atoms in total. The predicted molar refractivity (Wildman–Crippen MR) is 59.4 cm³/mol. The number of hydrogen-bond donors (Lipinski definition) is 0. The van der Waals surface area contributed by atoms with Gasteiger partial charge in [0.25, 0.3) is 5.91 Å². The smallest absolute Gasteiger partial charge is 0.289 e. The van der Waals surface area contributed by atoms with Gasteiger partial charge >= 0.3 is 0 Å². The topological polar surface area (TPSA) is 37.4 Å². The van der Waals surface area contributed by atoms with Gasteiger partial charge in [-0.15, -0.1) is 0 Å². The van der Waals surface area contributed by atoms with Crippen molar-refractivity contribution in [3.8, 4) is 0 Å². The van der Waals surface area contributed by atoms with Crippen LogP contribution in [0.5, 0.6) is 0 Å². The van der Waals surface area contributed by atoms with Gasteiger partial charge in [-0.2, -0.15) is 0 Å². The molecule has 0 atom stereocenters. The molecular formula is C12H21NO2. The number of carbonyl (C=O) groups excluding carboxylic acids is 2. The number of likely N-dealkylation sites (N-methyl/N-ethyl adjacent to an activating group) is 1. The summed E-state index contributed by atoms with van der Waals surface area (Å²) in [6.07, 6.45) is 4.93. The summed E-state index contributed by atoms with van der Waals surface area (Å²) < 4.78 is 0. The molecule has 0 aromatic carbocycles. The Morgan fingerprint density at radius 1 is 1.33 bits per heavy atom. The maximum atomic E-state index is 11.6. The number of rotatable bonds is 6. The summed E-state index contributed by atoms with van der Waals surface area (Å²) >= 11 is 0. The molecule has 0 heterocycles. The van der Waals surface area contributed by atoms with E-state index in [4.69, 9.17) is 0 Å². The molecule has 0 aromatic heterocycles. The van der Waals surface area contributed by atoms with Crippen molar-refractivity contribution in [3.05, 3.63) is 0 Å². The first kappa shape index (κ1) is 12.2. The highest BCUT2D eigenvalue weighted by Crippen LogP contribution is 2.33. The first-order valence-corrected chi connectivity index (χ1v) is 5.81. The molecular weight excluding hydrogens is 190 g/mol.